The molecule has 1 aromatic rings. The number of carbonyl (C=O) groups is 1. The number of aromatic hydroxyl groups is 1. The molecule has 0 amide bonds. The van der Waals surface area contributed by atoms with Crippen LogP contribution in [0.25, 0.3) is 0 Å². The van der Waals surface area contributed by atoms with Crippen molar-refractivity contribution in [3.63, 3.8) is 0 Å². The summed E-state index contributed by atoms with van der Waals surface area (Å²) in [6, 6.07) is 3.82. The van der Waals surface area contributed by atoms with Gasteiger partial charge in [0, 0.05) is 12.5 Å². The fourth-order valence-electron chi connectivity index (χ4n) is 2.75. The first-order valence-corrected chi connectivity index (χ1v) is 6.76. The molecule has 1 unspecified atom stereocenters. The highest BCUT2D eigenvalue weighted by Gasteiger charge is 2.21. The molecular formula is C15H21NO3. The number of unbranched alkanes of at least 4 members (excludes halogenated alkanes) is 1. The largest absolute Gasteiger partial charge is 0.508 e. The normalized spacial score (nSPS) is 17.3. The Morgan fingerprint density at radius 2 is 2.21 bits per heavy atom. The Morgan fingerprint density at radius 1 is 1.42 bits per heavy atom. The third-order valence-electron chi connectivity index (χ3n) is 3.67. The fourth-order valence-corrected chi connectivity index (χ4v) is 2.75. The van der Waals surface area contributed by atoms with E-state index in [0.717, 1.165) is 32.1 Å². The number of rotatable bonds is 5. The minimum atomic E-state index is -0.164. The Hall–Kier alpha value is -1.55. The van der Waals surface area contributed by atoms with Crippen LogP contribution in [0.15, 0.2) is 12.1 Å². The van der Waals surface area contributed by atoms with E-state index in [0.29, 0.717) is 12.2 Å². The predicted molar refractivity (Wildman–Crippen MR) is 73.1 cm³/mol. The number of phenols is 1. The van der Waals surface area contributed by atoms with E-state index in [1.807, 2.05) is 12.1 Å². The first-order chi connectivity index (χ1) is 9.10. The summed E-state index contributed by atoms with van der Waals surface area (Å²) in [5.41, 5.74) is 9.62. The van der Waals surface area contributed by atoms with Gasteiger partial charge in [0.05, 0.1) is 7.11 Å². The molecule has 0 fully saturated rings. The Bertz CT molecular complexity index is 471. The van der Waals surface area contributed by atoms with E-state index in [4.69, 9.17) is 5.73 Å². The predicted octanol–water partition coefficient (Wildman–Crippen LogP) is 1.70. The first kappa shape index (κ1) is 13.9. The van der Waals surface area contributed by atoms with Crippen LogP contribution in [-0.4, -0.2) is 24.2 Å². The molecule has 3 N–H and O–H groups in total. The maximum atomic E-state index is 11.0. The van der Waals surface area contributed by atoms with Gasteiger partial charge in [-0.15, -0.1) is 0 Å². The zero-order valence-electron chi connectivity index (χ0n) is 11.3. The highest BCUT2D eigenvalue weighted by molar-refractivity contribution is 5.69. The second-order valence-electron chi connectivity index (χ2n) is 5.19. The van der Waals surface area contributed by atoms with Gasteiger partial charge in [0.25, 0.3) is 0 Å². The first-order valence-electron chi connectivity index (χ1n) is 6.76. The summed E-state index contributed by atoms with van der Waals surface area (Å²) in [7, 11) is 1.41. The summed E-state index contributed by atoms with van der Waals surface area (Å²) in [5, 5.41) is 9.73. The number of hydrogen-bond donors (Lipinski definition) is 2. The highest BCUT2D eigenvalue weighted by atomic mass is 16.5. The number of esters is 1. The minimum Gasteiger partial charge on any atom is -0.508 e. The van der Waals surface area contributed by atoms with Crippen LogP contribution in [0.3, 0.4) is 0 Å². The minimum absolute atomic E-state index is 0.164. The van der Waals surface area contributed by atoms with Crippen molar-refractivity contribution in [3.05, 3.63) is 28.8 Å². The van der Waals surface area contributed by atoms with Gasteiger partial charge in [0.1, 0.15) is 5.75 Å². The maximum Gasteiger partial charge on any atom is 0.305 e. The van der Waals surface area contributed by atoms with Gasteiger partial charge in [-0.3, -0.25) is 4.79 Å². The van der Waals surface area contributed by atoms with Crippen LogP contribution in [0.5, 0.6) is 5.75 Å². The molecule has 1 atom stereocenters. The van der Waals surface area contributed by atoms with Crippen molar-refractivity contribution in [1.82, 2.24) is 0 Å². The molecule has 0 bridgehead atoms. The molecule has 2 rings (SSSR count). The summed E-state index contributed by atoms with van der Waals surface area (Å²) in [6.45, 7) is 0. The average molecular weight is 263 g/mol. The number of nitrogens with two attached hydrogens (primary N) is 1. The third-order valence-corrected chi connectivity index (χ3v) is 3.67. The quantitative estimate of drug-likeness (QED) is 0.626. The van der Waals surface area contributed by atoms with Gasteiger partial charge in [0.2, 0.25) is 0 Å². The Kier molecular flexibility index (Phi) is 4.43. The third kappa shape index (κ3) is 3.47. The molecule has 0 radical (unpaired) electrons. The summed E-state index contributed by atoms with van der Waals surface area (Å²) < 4.78 is 4.61. The lowest BCUT2D eigenvalue weighted by Crippen LogP contribution is -2.19. The van der Waals surface area contributed by atoms with Gasteiger partial charge >= 0.3 is 5.97 Å². The van der Waals surface area contributed by atoms with Crippen molar-refractivity contribution >= 4 is 5.97 Å². The van der Waals surface area contributed by atoms with E-state index in [1.165, 1.54) is 23.8 Å². The standard InChI is InChI=1S/C15H21NO3/c1-19-15(18)5-3-2-4-10-7-13(17)8-11-6-12(16)9-14(10)11/h7-8,12,17H,2-6,9,16H2,1H3. The van der Waals surface area contributed by atoms with Crippen molar-refractivity contribution in [2.24, 2.45) is 5.73 Å². The molecule has 0 heterocycles. The van der Waals surface area contributed by atoms with E-state index in [2.05, 4.69) is 4.74 Å². The van der Waals surface area contributed by atoms with Crippen molar-refractivity contribution in [1.29, 1.82) is 0 Å². The van der Waals surface area contributed by atoms with E-state index < -0.39 is 0 Å². The molecule has 1 aliphatic rings. The lowest BCUT2D eigenvalue weighted by molar-refractivity contribution is -0.140. The number of benzene rings is 1. The molecule has 0 spiro atoms. The van der Waals surface area contributed by atoms with Crippen molar-refractivity contribution in [3.8, 4) is 5.75 Å². The van der Waals surface area contributed by atoms with Gasteiger partial charge in [0.15, 0.2) is 0 Å². The van der Waals surface area contributed by atoms with Gasteiger partial charge in [-0.05, 0) is 60.9 Å². The fraction of sp³-hybridized carbons (Fsp3) is 0.533. The van der Waals surface area contributed by atoms with Crippen LogP contribution < -0.4 is 5.73 Å². The van der Waals surface area contributed by atoms with Crippen LogP contribution in [0.1, 0.15) is 36.0 Å². The summed E-state index contributed by atoms with van der Waals surface area (Å²) in [5.74, 6) is 0.152. The number of aryl methyl sites for hydroxylation is 1. The van der Waals surface area contributed by atoms with Crippen LogP contribution in [0, 0.1) is 0 Å². The Balaban J connectivity index is 1.96. The van der Waals surface area contributed by atoms with E-state index >= 15 is 0 Å². The molecule has 104 valence electrons. The number of methoxy groups -OCH3 is 1. The summed E-state index contributed by atoms with van der Waals surface area (Å²) in [6.07, 6.45) is 4.79. The molecule has 0 aliphatic heterocycles. The zero-order valence-corrected chi connectivity index (χ0v) is 11.3. The second-order valence-corrected chi connectivity index (χ2v) is 5.19. The van der Waals surface area contributed by atoms with Crippen molar-refractivity contribution in [2.75, 3.05) is 7.11 Å². The smallest absolute Gasteiger partial charge is 0.305 e. The van der Waals surface area contributed by atoms with Crippen LogP contribution >= 0.6 is 0 Å². The molecule has 0 saturated carbocycles. The monoisotopic (exact) mass is 263 g/mol. The summed E-state index contributed by atoms with van der Waals surface area (Å²) in [4.78, 5) is 11.0. The van der Waals surface area contributed by atoms with Crippen LogP contribution in [0.4, 0.5) is 0 Å². The Labute approximate surface area is 113 Å². The SMILES string of the molecule is COC(=O)CCCCc1cc(O)cc2c1CC(N)C2. The van der Waals surface area contributed by atoms with E-state index in [1.54, 1.807) is 0 Å². The number of hydrogen-bond acceptors (Lipinski definition) is 4. The van der Waals surface area contributed by atoms with Crippen molar-refractivity contribution in [2.45, 2.75) is 44.6 Å². The zero-order chi connectivity index (χ0) is 13.8. The average Bonchev–Trinajstić information content (AvgIpc) is 2.74. The number of phenolic OH excluding ortho intramolecular Hbond substituents is 1. The lowest BCUT2D eigenvalue weighted by Gasteiger charge is -2.09. The molecule has 1 aliphatic carbocycles. The second kappa shape index (κ2) is 6.06. The number of carbonyl (C=O) groups excluding carboxylic acids is 1. The molecule has 0 saturated heterocycles. The van der Waals surface area contributed by atoms with Gasteiger partial charge in [-0.2, -0.15) is 0 Å². The van der Waals surface area contributed by atoms with Gasteiger partial charge in [-0.1, -0.05) is 0 Å². The molecule has 0 aromatic heterocycles. The number of fused-ring (bicyclic) bond motifs is 1. The topological polar surface area (TPSA) is 72.5 Å². The van der Waals surface area contributed by atoms with Crippen LogP contribution in [0.2, 0.25) is 0 Å². The maximum absolute atomic E-state index is 11.0. The highest BCUT2D eigenvalue weighted by Crippen LogP contribution is 2.30. The molecule has 4 heteroatoms. The molecule has 1 aromatic carbocycles. The van der Waals surface area contributed by atoms with E-state index in [-0.39, 0.29) is 12.0 Å². The molecule has 4 nitrogen and oxygen atoms in total. The number of ether oxygens (including phenoxy) is 1. The Morgan fingerprint density at radius 3 is 2.95 bits per heavy atom. The lowest BCUT2D eigenvalue weighted by atomic mass is 9.98. The van der Waals surface area contributed by atoms with Gasteiger partial charge in [-0.25, -0.2) is 0 Å². The summed E-state index contributed by atoms with van der Waals surface area (Å²) >= 11 is 0. The van der Waals surface area contributed by atoms with Crippen LogP contribution in [-0.2, 0) is 28.8 Å². The van der Waals surface area contributed by atoms with Gasteiger partial charge < -0.3 is 15.6 Å². The molecule has 19 heavy (non-hydrogen) atoms. The van der Waals surface area contributed by atoms with E-state index in [9.17, 15) is 9.90 Å². The molecular weight excluding hydrogens is 242 g/mol. The van der Waals surface area contributed by atoms with Crippen molar-refractivity contribution < 1.29 is 14.6 Å².